The first-order valence-corrected chi connectivity index (χ1v) is 6.37. The van der Waals surface area contributed by atoms with Gasteiger partial charge in [0.25, 0.3) is 5.91 Å². The Morgan fingerprint density at radius 3 is 2.73 bits per heavy atom. The average molecular weight is 322 g/mol. The Morgan fingerprint density at radius 2 is 2.33 bits per heavy atom. The molecule has 0 radical (unpaired) electrons. The van der Waals surface area contributed by atoms with Gasteiger partial charge in [0.2, 0.25) is 0 Å². The summed E-state index contributed by atoms with van der Waals surface area (Å²) in [5, 5.41) is 6.55. The summed E-state index contributed by atoms with van der Waals surface area (Å²) in [7, 11) is 0. The summed E-state index contributed by atoms with van der Waals surface area (Å²) in [6.45, 7) is 5.91. The van der Waals surface area contributed by atoms with Gasteiger partial charge in [0, 0.05) is 10.5 Å². The maximum atomic E-state index is 11.8. The van der Waals surface area contributed by atoms with Crippen LogP contribution in [0.3, 0.4) is 0 Å². The Morgan fingerprint density at radius 1 is 1.67 bits per heavy atom. The number of carbonyl (C=O) groups is 1. The van der Waals surface area contributed by atoms with E-state index in [1.807, 2.05) is 0 Å². The molecule has 5 heteroatoms. The van der Waals surface area contributed by atoms with Gasteiger partial charge in [-0.25, -0.2) is 0 Å². The number of hydrogen-bond donors (Lipinski definition) is 1. The van der Waals surface area contributed by atoms with Crippen LogP contribution in [-0.2, 0) is 0 Å². The molecule has 1 rings (SSSR count). The first kappa shape index (κ1) is 12.5. The molecule has 0 fully saturated rings. The lowest BCUT2D eigenvalue weighted by atomic mass is 10.1. The minimum absolute atomic E-state index is 0.107. The zero-order chi connectivity index (χ0) is 11.4. The Labute approximate surface area is 103 Å². The van der Waals surface area contributed by atoms with Crippen molar-refractivity contribution in [2.75, 3.05) is 4.43 Å². The van der Waals surface area contributed by atoms with Crippen LogP contribution in [0.1, 0.15) is 30.0 Å². The molecule has 1 heterocycles. The normalized spacial score (nSPS) is 12.9. The molecule has 0 aliphatic heterocycles. The van der Waals surface area contributed by atoms with Crippen LogP contribution in [0.5, 0.6) is 0 Å². The summed E-state index contributed by atoms with van der Waals surface area (Å²) in [6.07, 6.45) is 1.45. The molecule has 1 unspecified atom stereocenters. The molecule has 0 aliphatic carbocycles. The van der Waals surface area contributed by atoms with Gasteiger partial charge >= 0.3 is 0 Å². The largest absolute Gasteiger partial charge is 0.361 e. The van der Waals surface area contributed by atoms with Crippen LogP contribution in [0, 0.1) is 12.8 Å². The van der Waals surface area contributed by atoms with Crippen LogP contribution < -0.4 is 5.32 Å². The second-order valence-electron chi connectivity index (χ2n) is 3.77. The molecule has 1 N–H and O–H groups in total. The average Bonchev–Trinajstić information content (AvgIpc) is 2.60. The Hall–Kier alpha value is -0.590. The van der Waals surface area contributed by atoms with Crippen LogP contribution in [0.15, 0.2) is 10.7 Å². The molecule has 4 nitrogen and oxygen atoms in total. The topological polar surface area (TPSA) is 55.1 Å². The van der Waals surface area contributed by atoms with E-state index >= 15 is 0 Å². The SMILES string of the molecule is Cc1oncc1C(=O)NC(CI)C(C)C. The molecule has 0 saturated carbocycles. The van der Waals surface area contributed by atoms with E-state index in [-0.39, 0.29) is 11.9 Å². The lowest BCUT2D eigenvalue weighted by molar-refractivity contribution is 0.0930. The van der Waals surface area contributed by atoms with Gasteiger partial charge in [0.15, 0.2) is 0 Å². The summed E-state index contributed by atoms with van der Waals surface area (Å²) >= 11 is 2.27. The van der Waals surface area contributed by atoms with Gasteiger partial charge in [-0.05, 0) is 12.8 Å². The summed E-state index contributed by atoms with van der Waals surface area (Å²) in [6, 6.07) is 0.187. The third kappa shape index (κ3) is 3.19. The van der Waals surface area contributed by atoms with Crippen molar-refractivity contribution in [1.82, 2.24) is 10.5 Å². The van der Waals surface area contributed by atoms with Crippen LogP contribution in [0.4, 0.5) is 0 Å². The van der Waals surface area contributed by atoms with Gasteiger partial charge in [0.05, 0.1) is 6.20 Å². The number of nitrogens with one attached hydrogen (secondary N) is 1. The third-order valence-electron chi connectivity index (χ3n) is 2.28. The molecule has 0 spiro atoms. The maximum absolute atomic E-state index is 11.8. The number of nitrogens with zero attached hydrogens (tertiary/aromatic N) is 1. The molecular formula is C10H15IN2O2. The Kier molecular flexibility index (Phi) is 4.56. The minimum atomic E-state index is -0.107. The van der Waals surface area contributed by atoms with Crippen molar-refractivity contribution in [3.63, 3.8) is 0 Å². The van der Waals surface area contributed by atoms with Crippen molar-refractivity contribution in [1.29, 1.82) is 0 Å². The molecule has 0 aliphatic rings. The monoisotopic (exact) mass is 322 g/mol. The molecule has 0 bridgehead atoms. The third-order valence-corrected chi connectivity index (χ3v) is 3.23. The van der Waals surface area contributed by atoms with Crippen molar-refractivity contribution < 1.29 is 9.32 Å². The van der Waals surface area contributed by atoms with Gasteiger partial charge < -0.3 is 9.84 Å². The van der Waals surface area contributed by atoms with E-state index in [0.717, 1.165) is 4.43 Å². The number of halogens is 1. The highest BCUT2D eigenvalue weighted by molar-refractivity contribution is 14.1. The molecule has 1 atom stereocenters. The smallest absolute Gasteiger partial charge is 0.256 e. The van der Waals surface area contributed by atoms with Crippen LogP contribution in [-0.4, -0.2) is 21.5 Å². The van der Waals surface area contributed by atoms with E-state index in [9.17, 15) is 4.79 Å². The van der Waals surface area contributed by atoms with E-state index in [0.29, 0.717) is 17.2 Å². The fourth-order valence-electron chi connectivity index (χ4n) is 1.15. The maximum Gasteiger partial charge on any atom is 0.256 e. The van der Waals surface area contributed by atoms with Gasteiger partial charge in [-0.3, -0.25) is 4.79 Å². The van der Waals surface area contributed by atoms with Crippen molar-refractivity contribution in [3.8, 4) is 0 Å². The second kappa shape index (κ2) is 5.48. The van der Waals surface area contributed by atoms with E-state index in [4.69, 9.17) is 4.52 Å². The van der Waals surface area contributed by atoms with E-state index < -0.39 is 0 Å². The number of hydrogen-bond acceptors (Lipinski definition) is 3. The number of aromatic nitrogens is 1. The Balaban J connectivity index is 2.67. The number of aryl methyl sites for hydroxylation is 1. The van der Waals surface area contributed by atoms with Crippen LogP contribution in [0.25, 0.3) is 0 Å². The van der Waals surface area contributed by atoms with E-state index in [1.165, 1.54) is 6.20 Å². The summed E-state index contributed by atoms with van der Waals surface area (Å²) < 4.78 is 5.74. The van der Waals surface area contributed by atoms with E-state index in [2.05, 4.69) is 46.9 Å². The molecule has 15 heavy (non-hydrogen) atoms. The number of carbonyl (C=O) groups excluding carboxylic acids is 1. The number of alkyl halides is 1. The van der Waals surface area contributed by atoms with Gasteiger partial charge in [-0.2, -0.15) is 0 Å². The fourth-order valence-corrected chi connectivity index (χ4v) is 2.38. The summed E-state index contributed by atoms with van der Waals surface area (Å²) in [5.41, 5.74) is 0.519. The molecular weight excluding hydrogens is 307 g/mol. The van der Waals surface area contributed by atoms with Gasteiger partial charge in [-0.15, -0.1) is 0 Å². The van der Waals surface area contributed by atoms with Crippen molar-refractivity contribution in [2.24, 2.45) is 5.92 Å². The predicted molar refractivity (Wildman–Crippen MR) is 66.2 cm³/mol. The zero-order valence-electron chi connectivity index (χ0n) is 9.08. The molecule has 84 valence electrons. The second-order valence-corrected chi connectivity index (χ2v) is 4.65. The number of rotatable bonds is 4. The summed E-state index contributed by atoms with van der Waals surface area (Å²) in [4.78, 5) is 11.8. The van der Waals surface area contributed by atoms with Gasteiger partial charge in [-0.1, -0.05) is 41.6 Å². The standard InChI is InChI=1S/C10H15IN2O2/c1-6(2)9(4-11)13-10(14)8-5-12-15-7(8)3/h5-6,9H,4H2,1-3H3,(H,13,14). The van der Waals surface area contributed by atoms with Crippen molar-refractivity contribution >= 4 is 28.5 Å². The van der Waals surface area contributed by atoms with Crippen LogP contribution in [0.2, 0.25) is 0 Å². The zero-order valence-corrected chi connectivity index (χ0v) is 11.2. The highest BCUT2D eigenvalue weighted by Gasteiger charge is 2.18. The Bertz CT molecular complexity index is 336. The molecule has 0 aromatic carbocycles. The minimum Gasteiger partial charge on any atom is -0.361 e. The summed E-state index contributed by atoms with van der Waals surface area (Å²) in [5.74, 6) is 0.874. The first-order valence-electron chi connectivity index (χ1n) is 4.84. The lowest BCUT2D eigenvalue weighted by Crippen LogP contribution is -2.39. The molecule has 1 aromatic rings. The molecule has 1 aromatic heterocycles. The lowest BCUT2D eigenvalue weighted by Gasteiger charge is -2.19. The predicted octanol–water partition coefficient (Wildman–Crippen LogP) is 2.17. The fraction of sp³-hybridized carbons (Fsp3) is 0.600. The molecule has 1 amide bonds. The quantitative estimate of drug-likeness (QED) is 0.683. The van der Waals surface area contributed by atoms with E-state index in [1.54, 1.807) is 6.92 Å². The number of amides is 1. The highest BCUT2D eigenvalue weighted by Crippen LogP contribution is 2.09. The first-order chi connectivity index (χ1) is 7.06. The van der Waals surface area contributed by atoms with Crippen molar-refractivity contribution in [2.45, 2.75) is 26.8 Å². The van der Waals surface area contributed by atoms with Crippen molar-refractivity contribution in [3.05, 3.63) is 17.5 Å². The molecule has 0 saturated heterocycles. The van der Waals surface area contributed by atoms with Gasteiger partial charge in [0.1, 0.15) is 11.3 Å². The van der Waals surface area contributed by atoms with Crippen LogP contribution >= 0.6 is 22.6 Å². The highest BCUT2D eigenvalue weighted by atomic mass is 127.